The molecule has 3 aliphatic heterocycles. The van der Waals surface area contributed by atoms with Crippen molar-refractivity contribution in [3.63, 3.8) is 0 Å². The minimum absolute atomic E-state index is 0.0820. The van der Waals surface area contributed by atoms with Crippen LogP contribution in [0.15, 0.2) is 35.5 Å². The number of piperidine rings is 1. The van der Waals surface area contributed by atoms with Crippen molar-refractivity contribution >= 4 is 29.2 Å². The molecule has 1 aliphatic carbocycles. The molecule has 1 amide bonds. The van der Waals surface area contributed by atoms with Crippen molar-refractivity contribution in [2.45, 2.75) is 193 Å². The highest BCUT2D eigenvalue weighted by Crippen LogP contribution is 2.39. The number of ketones is 3. The zero-order valence-electron chi connectivity index (χ0n) is 41.8. The monoisotopic (exact) mass is 930 g/mol. The maximum absolute atomic E-state index is 14.6. The molecule has 4 rings (SSSR count). The van der Waals surface area contributed by atoms with Crippen LogP contribution in [0.25, 0.3) is 0 Å². The second-order valence-corrected chi connectivity index (χ2v) is 20.0. The van der Waals surface area contributed by atoms with Crippen LogP contribution in [-0.2, 0) is 52.4 Å². The first-order chi connectivity index (χ1) is 31.3. The topological polar surface area (TPSA) is 184 Å². The number of aliphatic hydroxyl groups excluding tert-OH is 2. The number of nitrogens with zero attached hydrogens (tertiary/aromatic N) is 1. The highest BCUT2D eigenvalue weighted by Gasteiger charge is 2.54. The summed E-state index contributed by atoms with van der Waals surface area (Å²) in [5.74, 6) is -6.48. The van der Waals surface area contributed by atoms with Crippen LogP contribution in [0, 0.1) is 35.5 Å². The van der Waals surface area contributed by atoms with Gasteiger partial charge in [-0.25, -0.2) is 4.79 Å². The van der Waals surface area contributed by atoms with E-state index in [9.17, 15) is 34.2 Å². The summed E-state index contributed by atoms with van der Waals surface area (Å²) in [6.07, 6.45) is 10.5. The summed E-state index contributed by atoms with van der Waals surface area (Å²) in [6.45, 7) is 13.2. The van der Waals surface area contributed by atoms with Crippen molar-refractivity contribution in [1.29, 1.82) is 0 Å². The Labute approximate surface area is 394 Å². The van der Waals surface area contributed by atoms with Crippen LogP contribution in [0.5, 0.6) is 0 Å². The number of fused-ring (bicyclic) bond motifs is 3. The largest absolute Gasteiger partial charge is 0.460 e. The summed E-state index contributed by atoms with van der Waals surface area (Å²) >= 11 is 0. The minimum Gasteiger partial charge on any atom is -0.460 e. The van der Waals surface area contributed by atoms with E-state index >= 15 is 0 Å². The molecule has 374 valence electrons. The molecule has 2 bridgehead atoms. The van der Waals surface area contributed by atoms with Crippen molar-refractivity contribution in [3.8, 4) is 0 Å². The molecule has 0 aromatic rings. The second kappa shape index (κ2) is 26.0. The van der Waals surface area contributed by atoms with E-state index in [1.54, 1.807) is 34.1 Å². The minimum atomic E-state index is -1.87. The summed E-state index contributed by atoms with van der Waals surface area (Å²) in [6, 6.07) is -1.08. The number of hydrogen-bond acceptors (Lipinski definition) is 13. The van der Waals surface area contributed by atoms with Gasteiger partial charge in [-0.2, -0.15) is 0 Å². The van der Waals surface area contributed by atoms with Crippen molar-refractivity contribution in [2.75, 3.05) is 35.0 Å². The van der Waals surface area contributed by atoms with Gasteiger partial charge in [0.2, 0.25) is 5.79 Å². The van der Waals surface area contributed by atoms with Gasteiger partial charge >= 0.3 is 5.97 Å². The molecule has 3 fully saturated rings. The van der Waals surface area contributed by atoms with E-state index < -0.39 is 77.8 Å². The summed E-state index contributed by atoms with van der Waals surface area (Å²) < 4.78 is 35.9. The predicted octanol–water partition coefficient (Wildman–Crippen LogP) is 7.06. The highest BCUT2D eigenvalue weighted by molar-refractivity contribution is 6.39. The number of ether oxygens (including phenoxy) is 6. The molecule has 14 nitrogen and oxygen atoms in total. The van der Waals surface area contributed by atoms with E-state index in [0.29, 0.717) is 63.4 Å². The zero-order valence-corrected chi connectivity index (χ0v) is 41.8. The molecule has 1 saturated carbocycles. The molecule has 0 aromatic heterocycles. The van der Waals surface area contributed by atoms with Crippen LogP contribution in [0.1, 0.15) is 138 Å². The zero-order chi connectivity index (χ0) is 48.9. The average Bonchev–Trinajstić information content (AvgIpc) is 3.30. The van der Waals surface area contributed by atoms with Crippen LogP contribution in [0.2, 0.25) is 0 Å². The average molecular weight is 930 g/mol. The van der Waals surface area contributed by atoms with Crippen molar-refractivity contribution in [1.82, 2.24) is 4.90 Å². The Kier molecular flexibility index (Phi) is 21.9. The molecule has 0 aromatic carbocycles. The van der Waals surface area contributed by atoms with Gasteiger partial charge < -0.3 is 43.5 Å². The summed E-state index contributed by atoms with van der Waals surface area (Å²) in [7, 11) is 5.99. The third-order valence-corrected chi connectivity index (χ3v) is 15.0. The number of amides is 1. The lowest BCUT2D eigenvalue weighted by molar-refractivity contribution is -0.277. The number of esters is 1. The molecule has 66 heavy (non-hydrogen) atoms. The van der Waals surface area contributed by atoms with E-state index in [2.05, 4.69) is 25.2 Å². The molecular weight excluding hydrogens is 847 g/mol. The molecule has 3 heterocycles. The fourth-order valence-corrected chi connectivity index (χ4v) is 10.7. The fourth-order valence-electron chi connectivity index (χ4n) is 10.7. The van der Waals surface area contributed by atoms with E-state index in [4.69, 9.17) is 28.4 Å². The number of cyclic esters (lactones) is 1. The van der Waals surface area contributed by atoms with Gasteiger partial charge in [-0.05, 0) is 120 Å². The number of Topliss-reactive ketones (excluding diaryl/α,β-unsaturated/α-hetero) is 3. The van der Waals surface area contributed by atoms with Gasteiger partial charge in [-0.1, -0.05) is 58.9 Å². The van der Waals surface area contributed by atoms with Gasteiger partial charge in [-0.15, -0.1) is 0 Å². The molecule has 2 N–H and O–H groups in total. The highest BCUT2D eigenvalue weighted by atomic mass is 16.7. The SMILES string of the molecule is CO[C@H]1C[C@@H]2CC[C@@H](C)C(OC)(O2)C(=O)C(=O)N2CCCC[C@H]2C(=O)O[C@H]([C@H](C)C[C@@H]2CC[C@@H](O)[C@H](OC)C2)CC(=O)[C@H](C)/C=C(\C)C(O)[C@@H](OC)C(=O)[C@H](C)C[C@H](C)/C=C/CC/C=C/1C. The van der Waals surface area contributed by atoms with Crippen molar-refractivity contribution < 1.29 is 62.6 Å². The molecular formula is C52H83NO13. The smallest absolute Gasteiger partial charge is 0.329 e. The lowest BCUT2D eigenvalue weighted by Crippen LogP contribution is -2.61. The van der Waals surface area contributed by atoms with Gasteiger partial charge in [0.1, 0.15) is 30.1 Å². The van der Waals surface area contributed by atoms with Crippen molar-refractivity contribution in [2.24, 2.45) is 35.5 Å². The third-order valence-electron chi connectivity index (χ3n) is 15.0. The Morgan fingerprint density at radius 1 is 0.848 bits per heavy atom. The number of carbonyl (C=O) groups is 5. The predicted molar refractivity (Wildman–Crippen MR) is 250 cm³/mol. The number of allylic oxidation sites excluding steroid dienone is 4. The van der Waals surface area contributed by atoms with E-state index in [-0.39, 0.29) is 60.9 Å². The van der Waals surface area contributed by atoms with Gasteiger partial charge in [0.25, 0.3) is 11.7 Å². The maximum Gasteiger partial charge on any atom is 0.329 e. The second-order valence-electron chi connectivity index (χ2n) is 20.0. The summed E-state index contributed by atoms with van der Waals surface area (Å²) in [5, 5.41) is 22.0. The molecule has 0 radical (unpaired) electrons. The summed E-state index contributed by atoms with van der Waals surface area (Å²) in [4.78, 5) is 72.7. The fraction of sp³-hybridized carbons (Fsp3) is 0.788. The number of carbonyl (C=O) groups excluding carboxylic acids is 5. The molecule has 0 spiro atoms. The van der Waals surface area contributed by atoms with Gasteiger partial charge in [-0.3, -0.25) is 19.2 Å². The maximum atomic E-state index is 14.6. The Hall–Kier alpha value is -3.11. The lowest BCUT2D eigenvalue weighted by atomic mass is 9.78. The van der Waals surface area contributed by atoms with Crippen molar-refractivity contribution in [3.05, 3.63) is 35.5 Å². The molecule has 14 heteroatoms. The van der Waals surface area contributed by atoms with E-state index in [0.717, 1.165) is 24.8 Å². The van der Waals surface area contributed by atoms with Gasteiger partial charge in [0, 0.05) is 65.6 Å². The van der Waals surface area contributed by atoms with Gasteiger partial charge in [0.15, 0.2) is 5.78 Å². The first-order valence-corrected chi connectivity index (χ1v) is 24.6. The number of hydrogen-bond donors (Lipinski definition) is 2. The van der Waals surface area contributed by atoms with E-state index in [1.165, 1.54) is 19.1 Å². The number of rotatable bonds is 7. The molecule has 2 unspecified atom stereocenters. The molecule has 4 aliphatic rings. The van der Waals surface area contributed by atoms with E-state index in [1.807, 2.05) is 27.7 Å². The first-order valence-electron chi connectivity index (χ1n) is 24.6. The Morgan fingerprint density at radius 2 is 1.58 bits per heavy atom. The molecule has 15 atom stereocenters. The van der Waals surface area contributed by atoms with Gasteiger partial charge in [0.05, 0.1) is 24.4 Å². The normalized spacial score (nSPS) is 39.7. The first kappa shape index (κ1) is 55.5. The van der Waals surface area contributed by atoms with Crippen LogP contribution in [0.3, 0.4) is 0 Å². The van der Waals surface area contributed by atoms with Crippen LogP contribution in [-0.4, -0.2) is 134 Å². The third kappa shape index (κ3) is 14.2. The van der Waals surface area contributed by atoms with Crippen LogP contribution < -0.4 is 0 Å². The Morgan fingerprint density at radius 3 is 2.24 bits per heavy atom. The number of aliphatic hydroxyl groups is 2. The Bertz CT molecular complexity index is 1730. The summed E-state index contributed by atoms with van der Waals surface area (Å²) in [5.41, 5.74) is 1.42. The lowest BCUT2D eigenvalue weighted by Gasteiger charge is -2.44. The standard InChI is InChI=1S/C52H83NO13/c1-31-17-13-12-14-18-32(2)43(61-8)29-39-22-20-37(7)52(64-11,66-39)49(58)50(59)53-24-16-15-19-40(53)51(60)65-44(34(4)27-38-21-23-41(54)45(28-38)62-9)30-42(55)33(3)26-36(6)47(57)48(63-10)46(56)35(5)25-31/h13,17-18,26,31,33-35,37-41,43-45,47-48,54,57H,12,14-16,19-25,27-30H2,1-11H3/b17-13+,32-18+,36-26+/t31-,33-,34-,35-,37-,38+,39+,40+,41-,43+,44+,45-,47?,48+,52?/m1/s1. The van der Waals surface area contributed by atoms with Crippen LogP contribution in [0.4, 0.5) is 0 Å². The molecule has 2 saturated heterocycles. The van der Waals surface area contributed by atoms with Crippen LogP contribution >= 0.6 is 0 Å². The quantitative estimate of drug-likeness (QED) is 0.150. The Balaban J connectivity index is 1.71. The number of methoxy groups -OCH3 is 4.